The molecule has 1 aliphatic rings. The van der Waals surface area contributed by atoms with Gasteiger partial charge in [-0.15, -0.1) is 21.8 Å². The lowest BCUT2D eigenvalue weighted by molar-refractivity contribution is -0.123. The number of carbonyl (C=O) groups excluding carboxylic acids is 2. The summed E-state index contributed by atoms with van der Waals surface area (Å²) < 4.78 is 0.424. The third-order valence-corrected chi connectivity index (χ3v) is 7.35. The zero-order valence-corrected chi connectivity index (χ0v) is 19.9. The van der Waals surface area contributed by atoms with E-state index in [1.54, 1.807) is 0 Å². The van der Waals surface area contributed by atoms with E-state index in [2.05, 4.69) is 15.5 Å². The predicted octanol–water partition coefficient (Wildman–Crippen LogP) is 4.77. The molecule has 2 heterocycles. The van der Waals surface area contributed by atoms with Crippen molar-refractivity contribution in [2.24, 2.45) is 0 Å². The van der Waals surface area contributed by atoms with Crippen LogP contribution in [0.5, 0.6) is 0 Å². The number of nitrogens with zero attached hydrogens (tertiary/aromatic N) is 3. The van der Waals surface area contributed by atoms with Gasteiger partial charge in [-0.2, -0.15) is 0 Å². The molecule has 0 saturated carbocycles. The molecule has 1 aliphatic heterocycles. The lowest BCUT2D eigenvalue weighted by Gasteiger charge is -2.15. The lowest BCUT2D eigenvalue weighted by Crippen LogP contribution is -2.28. The van der Waals surface area contributed by atoms with Crippen molar-refractivity contribution in [1.29, 1.82) is 0 Å². The van der Waals surface area contributed by atoms with E-state index in [0.29, 0.717) is 31.5 Å². The minimum Gasteiger partial charge on any atom is -0.297 e. The minimum absolute atomic E-state index is 0.211. The molecule has 0 aliphatic carbocycles. The van der Waals surface area contributed by atoms with Crippen molar-refractivity contribution in [2.45, 2.75) is 18.8 Å². The van der Waals surface area contributed by atoms with Gasteiger partial charge in [0.15, 0.2) is 0 Å². The fourth-order valence-corrected chi connectivity index (χ4v) is 5.20. The van der Waals surface area contributed by atoms with Crippen LogP contribution in [0.4, 0.5) is 5.13 Å². The molecule has 1 aromatic heterocycles. The van der Waals surface area contributed by atoms with E-state index < -0.39 is 5.91 Å². The summed E-state index contributed by atoms with van der Waals surface area (Å²) in [6, 6.07) is 19.1. The van der Waals surface area contributed by atoms with Gasteiger partial charge in [-0.25, -0.2) is 0 Å². The van der Waals surface area contributed by atoms with Crippen molar-refractivity contribution < 1.29 is 9.59 Å². The van der Waals surface area contributed by atoms with E-state index in [0.717, 1.165) is 22.9 Å². The molecule has 3 aromatic rings. The molecule has 32 heavy (non-hydrogen) atoms. The SMILES string of the molecule is O=C(Nc1nnc(CCl)s1)/C(Cc1ccccc1)=C1/SC(=S)N(Cc2ccccc2)C1=O. The van der Waals surface area contributed by atoms with E-state index in [1.807, 2.05) is 60.7 Å². The maximum atomic E-state index is 13.3. The number of benzene rings is 2. The number of anilines is 1. The summed E-state index contributed by atoms with van der Waals surface area (Å²) in [6.45, 7) is 0.352. The predicted molar refractivity (Wildman–Crippen MR) is 132 cm³/mol. The molecule has 0 spiro atoms. The summed E-state index contributed by atoms with van der Waals surface area (Å²) in [5.41, 5.74) is 2.21. The van der Waals surface area contributed by atoms with Crippen LogP contribution in [0.1, 0.15) is 16.1 Å². The number of thioether (sulfide) groups is 1. The summed E-state index contributed by atoms with van der Waals surface area (Å²) in [5, 5.41) is 11.6. The van der Waals surface area contributed by atoms with Gasteiger partial charge in [0.05, 0.1) is 17.3 Å². The molecular formula is C22H17ClN4O2S3. The van der Waals surface area contributed by atoms with Gasteiger partial charge in [-0.1, -0.05) is 96.0 Å². The highest BCUT2D eigenvalue weighted by molar-refractivity contribution is 8.26. The maximum absolute atomic E-state index is 13.3. The molecule has 6 nitrogen and oxygen atoms in total. The standard InChI is InChI=1S/C22H17ClN4O2S3/c23-12-17-25-26-21(31-17)24-19(28)16(11-14-7-3-1-4-8-14)18-20(29)27(22(30)32-18)13-15-9-5-2-6-10-15/h1-10H,11-13H2,(H,24,26,28)/b18-16+. The first-order chi connectivity index (χ1) is 15.5. The second-order valence-electron chi connectivity index (χ2n) is 6.80. The van der Waals surface area contributed by atoms with Crippen molar-refractivity contribution >= 4 is 68.2 Å². The largest absolute Gasteiger partial charge is 0.297 e. The van der Waals surface area contributed by atoms with E-state index in [9.17, 15) is 9.59 Å². The van der Waals surface area contributed by atoms with Gasteiger partial charge < -0.3 is 0 Å². The number of halogens is 1. The number of amides is 2. The number of nitrogens with one attached hydrogen (secondary N) is 1. The number of hydrogen-bond acceptors (Lipinski definition) is 7. The Kier molecular flexibility index (Phi) is 7.31. The van der Waals surface area contributed by atoms with Crippen LogP contribution < -0.4 is 5.32 Å². The molecule has 0 atom stereocenters. The van der Waals surface area contributed by atoms with E-state index >= 15 is 0 Å². The van der Waals surface area contributed by atoms with Crippen molar-refractivity contribution in [3.8, 4) is 0 Å². The van der Waals surface area contributed by atoms with E-state index in [4.69, 9.17) is 23.8 Å². The van der Waals surface area contributed by atoms with Crippen LogP contribution in [-0.4, -0.2) is 31.2 Å². The Morgan fingerprint density at radius 1 is 1.03 bits per heavy atom. The highest BCUT2D eigenvalue weighted by Gasteiger charge is 2.36. The highest BCUT2D eigenvalue weighted by atomic mass is 35.5. The Morgan fingerprint density at radius 2 is 1.69 bits per heavy atom. The number of thiocarbonyl (C=S) groups is 1. The topological polar surface area (TPSA) is 75.2 Å². The first-order valence-electron chi connectivity index (χ1n) is 9.59. The van der Waals surface area contributed by atoms with Crippen LogP contribution in [0.25, 0.3) is 0 Å². The van der Waals surface area contributed by atoms with Crippen LogP contribution in [0.2, 0.25) is 0 Å². The molecule has 2 amide bonds. The minimum atomic E-state index is -0.411. The van der Waals surface area contributed by atoms with Gasteiger partial charge >= 0.3 is 0 Å². The molecule has 1 N–H and O–H groups in total. The first-order valence-corrected chi connectivity index (χ1v) is 12.2. The number of alkyl halides is 1. The number of carbonyl (C=O) groups is 2. The molecule has 1 saturated heterocycles. The Balaban J connectivity index is 1.65. The normalized spacial score (nSPS) is 15.2. The fourth-order valence-electron chi connectivity index (χ4n) is 3.08. The summed E-state index contributed by atoms with van der Waals surface area (Å²) >= 11 is 13.6. The van der Waals surface area contributed by atoms with Crippen LogP contribution in [0.15, 0.2) is 71.1 Å². The van der Waals surface area contributed by atoms with Gasteiger partial charge in [0.2, 0.25) is 5.13 Å². The molecular weight excluding hydrogens is 484 g/mol. The summed E-state index contributed by atoms with van der Waals surface area (Å²) in [4.78, 5) is 28.4. The Bertz CT molecular complexity index is 1180. The fraction of sp³-hybridized carbons (Fsp3) is 0.136. The average molecular weight is 501 g/mol. The highest BCUT2D eigenvalue weighted by Crippen LogP contribution is 2.36. The lowest BCUT2D eigenvalue weighted by atomic mass is 10.0. The molecule has 10 heteroatoms. The molecule has 2 aromatic carbocycles. The average Bonchev–Trinajstić information content (AvgIpc) is 3.38. The van der Waals surface area contributed by atoms with Crippen LogP contribution in [0, 0.1) is 0 Å². The second-order valence-corrected chi connectivity index (χ2v) is 9.78. The van der Waals surface area contributed by atoms with Crippen LogP contribution in [0.3, 0.4) is 0 Å². The smallest absolute Gasteiger partial charge is 0.266 e. The zero-order valence-electron chi connectivity index (χ0n) is 16.7. The number of rotatable bonds is 7. The third kappa shape index (κ3) is 5.24. The molecule has 4 rings (SSSR count). The van der Waals surface area contributed by atoms with Gasteiger partial charge in [-0.3, -0.25) is 19.8 Å². The monoisotopic (exact) mass is 500 g/mol. The van der Waals surface area contributed by atoms with E-state index in [1.165, 1.54) is 16.2 Å². The molecule has 0 bridgehead atoms. The summed E-state index contributed by atoms with van der Waals surface area (Å²) in [6.07, 6.45) is 0.281. The number of hydrogen-bond donors (Lipinski definition) is 1. The Hall–Kier alpha value is -2.59. The van der Waals surface area contributed by atoms with Crippen LogP contribution >= 0.6 is 46.9 Å². The van der Waals surface area contributed by atoms with Gasteiger partial charge in [-0.05, 0) is 11.1 Å². The van der Waals surface area contributed by atoms with Crippen molar-refractivity contribution in [3.05, 3.63) is 87.3 Å². The van der Waals surface area contributed by atoms with Crippen molar-refractivity contribution in [2.75, 3.05) is 5.32 Å². The molecule has 0 radical (unpaired) electrons. The summed E-state index contributed by atoms with van der Waals surface area (Å²) in [5.74, 6) is -0.474. The quantitative estimate of drug-likeness (QED) is 0.286. The van der Waals surface area contributed by atoms with Gasteiger partial charge in [0, 0.05) is 12.0 Å². The van der Waals surface area contributed by atoms with Crippen LogP contribution in [-0.2, 0) is 28.4 Å². The van der Waals surface area contributed by atoms with Gasteiger partial charge in [0.1, 0.15) is 9.33 Å². The Morgan fingerprint density at radius 3 is 2.31 bits per heavy atom. The molecule has 162 valence electrons. The summed E-state index contributed by atoms with van der Waals surface area (Å²) in [7, 11) is 0. The third-order valence-electron chi connectivity index (χ3n) is 4.61. The van der Waals surface area contributed by atoms with Crippen molar-refractivity contribution in [3.63, 3.8) is 0 Å². The first kappa shape index (κ1) is 22.6. The van der Waals surface area contributed by atoms with Gasteiger partial charge in [0.25, 0.3) is 11.8 Å². The Labute approximate surface area is 203 Å². The molecule has 0 unspecified atom stereocenters. The van der Waals surface area contributed by atoms with E-state index in [-0.39, 0.29) is 18.2 Å². The van der Waals surface area contributed by atoms with Crippen molar-refractivity contribution in [1.82, 2.24) is 15.1 Å². The maximum Gasteiger partial charge on any atom is 0.266 e. The zero-order chi connectivity index (χ0) is 22.5. The molecule has 1 fully saturated rings. The number of aromatic nitrogens is 2. The second kappa shape index (κ2) is 10.4.